The Morgan fingerprint density at radius 2 is 1.78 bits per heavy atom. The van der Waals surface area contributed by atoms with Crippen LogP contribution in [0.3, 0.4) is 0 Å². The van der Waals surface area contributed by atoms with Gasteiger partial charge >= 0.3 is 0 Å². The van der Waals surface area contributed by atoms with Gasteiger partial charge in [0.15, 0.2) is 17.3 Å². The molecule has 4 nitrogen and oxygen atoms in total. The molecule has 0 aliphatic carbocycles. The van der Waals surface area contributed by atoms with E-state index in [0.717, 1.165) is 0 Å². The first-order valence-electron chi connectivity index (χ1n) is 6.33. The first kappa shape index (κ1) is 14.5. The number of ether oxygens (including phenoxy) is 2. The van der Waals surface area contributed by atoms with Gasteiger partial charge in [0.1, 0.15) is 0 Å². The maximum absolute atomic E-state index is 12.0. The molecular formula is C14H21NO3. The number of rotatable bonds is 7. The molecule has 1 unspecified atom stereocenters. The molecule has 0 fully saturated rings. The van der Waals surface area contributed by atoms with Crippen LogP contribution in [0.1, 0.15) is 37.6 Å². The van der Waals surface area contributed by atoms with Gasteiger partial charge in [-0.05, 0) is 38.5 Å². The molecule has 2 N–H and O–H groups in total. The third-order valence-corrected chi connectivity index (χ3v) is 2.60. The van der Waals surface area contributed by atoms with Crippen LogP contribution in [0.25, 0.3) is 0 Å². The van der Waals surface area contributed by atoms with E-state index in [2.05, 4.69) is 0 Å². The predicted octanol–water partition coefficient (Wildman–Crippen LogP) is 2.40. The predicted molar refractivity (Wildman–Crippen MR) is 71.4 cm³/mol. The molecule has 0 aliphatic heterocycles. The number of hydrogen-bond acceptors (Lipinski definition) is 4. The molecule has 0 saturated carbocycles. The van der Waals surface area contributed by atoms with Gasteiger partial charge in [-0.2, -0.15) is 0 Å². The summed E-state index contributed by atoms with van der Waals surface area (Å²) >= 11 is 0. The first-order chi connectivity index (χ1) is 8.63. The fraction of sp³-hybridized carbons (Fsp3) is 0.500. The summed E-state index contributed by atoms with van der Waals surface area (Å²) in [6.45, 7) is 6.77. The molecule has 1 rings (SSSR count). The second-order valence-electron chi connectivity index (χ2n) is 3.91. The number of hydrogen-bond donors (Lipinski definition) is 1. The molecule has 1 atom stereocenters. The lowest BCUT2D eigenvalue weighted by atomic mass is 10.0. The van der Waals surface area contributed by atoms with Gasteiger partial charge in [0, 0.05) is 5.56 Å². The van der Waals surface area contributed by atoms with Crippen LogP contribution in [-0.2, 0) is 0 Å². The molecule has 0 bridgehead atoms. The van der Waals surface area contributed by atoms with Crippen molar-refractivity contribution in [1.29, 1.82) is 0 Å². The van der Waals surface area contributed by atoms with Crippen molar-refractivity contribution in [3.05, 3.63) is 23.8 Å². The SMILES string of the molecule is CCOc1ccc(C(=O)C(N)CC)cc1OCC. The van der Waals surface area contributed by atoms with Crippen LogP contribution in [0.5, 0.6) is 11.5 Å². The molecule has 18 heavy (non-hydrogen) atoms. The number of carbonyl (C=O) groups excluding carboxylic acids is 1. The smallest absolute Gasteiger partial charge is 0.179 e. The topological polar surface area (TPSA) is 61.5 Å². The summed E-state index contributed by atoms with van der Waals surface area (Å²) in [6.07, 6.45) is 0.621. The van der Waals surface area contributed by atoms with E-state index in [1.165, 1.54) is 0 Å². The number of benzene rings is 1. The molecule has 4 heteroatoms. The molecular weight excluding hydrogens is 230 g/mol. The maximum Gasteiger partial charge on any atom is 0.179 e. The maximum atomic E-state index is 12.0. The van der Waals surface area contributed by atoms with Crippen molar-refractivity contribution in [1.82, 2.24) is 0 Å². The quantitative estimate of drug-likeness (QED) is 0.756. The molecule has 0 saturated heterocycles. The van der Waals surface area contributed by atoms with E-state index in [1.807, 2.05) is 20.8 Å². The van der Waals surface area contributed by atoms with Gasteiger partial charge in [0.2, 0.25) is 0 Å². The Morgan fingerprint density at radius 1 is 1.17 bits per heavy atom. The Morgan fingerprint density at radius 3 is 2.33 bits per heavy atom. The summed E-state index contributed by atoms with van der Waals surface area (Å²) in [5.41, 5.74) is 6.31. The van der Waals surface area contributed by atoms with Gasteiger partial charge in [-0.1, -0.05) is 6.92 Å². The molecule has 0 radical (unpaired) electrons. The van der Waals surface area contributed by atoms with Gasteiger partial charge in [-0.25, -0.2) is 0 Å². The highest BCUT2D eigenvalue weighted by Crippen LogP contribution is 2.29. The minimum atomic E-state index is -0.461. The lowest BCUT2D eigenvalue weighted by Crippen LogP contribution is -2.29. The Kier molecular flexibility index (Phi) is 5.65. The summed E-state index contributed by atoms with van der Waals surface area (Å²) in [5.74, 6) is 1.18. The third-order valence-electron chi connectivity index (χ3n) is 2.60. The van der Waals surface area contributed by atoms with Crippen LogP contribution in [0.4, 0.5) is 0 Å². The van der Waals surface area contributed by atoms with E-state index in [0.29, 0.717) is 36.7 Å². The lowest BCUT2D eigenvalue weighted by molar-refractivity contribution is 0.0959. The van der Waals surface area contributed by atoms with E-state index in [9.17, 15) is 4.79 Å². The molecule has 100 valence electrons. The zero-order valence-electron chi connectivity index (χ0n) is 11.2. The van der Waals surface area contributed by atoms with Gasteiger partial charge in [0.05, 0.1) is 19.3 Å². The summed E-state index contributed by atoms with van der Waals surface area (Å²) in [7, 11) is 0. The fourth-order valence-corrected chi connectivity index (χ4v) is 1.60. The average Bonchev–Trinajstić information content (AvgIpc) is 2.39. The normalized spacial score (nSPS) is 12.0. The number of ketones is 1. The van der Waals surface area contributed by atoms with Crippen LogP contribution in [0, 0.1) is 0 Å². The minimum Gasteiger partial charge on any atom is -0.490 e. The fourth-order valence-electron chi connectivity index (χ4n) is 1.60. The molecule has 0 aromatic heterocycles. The van der Waals surface area contributed by atoms with Crippen molar-refractivity contribution in [3.8, 4) is 11.5 Å². The largest absolute Gasteiger partial charge is 0.490 e. The molecule has 0 amide bonds. The number of nitrogens with two attached hydrogens (primary N) is 1. The van der Waals surface area contributed by atoms with Crippen LogP contribution in [0.15, 0.2) is 18.2 Å². The van der Waals surface area contributed by atoms with Crippen LogP contribution >= 0.6 is 0 Å². The van der Waals surface area contributed by atoms with Gasteiger partial charge in [-0.15, -0.1) is 0 Å². The summed E-state index contributed by atoms with van der Waals surface area (Å²) < 4.78 is 10.9. The lowest BCUT2D eigenvalue weighted by Gasteiger charge is -2.13. The number of carbonyl (C=O) groups is 1. The summed E-state index contributed by atoms with van der Waals surface area (Å²) in [5, 5.41) is 0. The third kappa shape index (κ3) is 3.47. The zero-order chi connectivity index (χ0) is 13.5. The van der Waals surface area contributed by atoms with Crippen molar-refractivity contribution in [2.75, 3.05) is 13.2 Å². The Hall–Kier alpha value is -1.55. The standard InChI is InChI=1S/C14H21NO3/c1-4-11(15)14(16)10-7-8-12(17-5-2)13(9-10)18-6-3/h7-9,11H,4-6,15H2,1-3H3. The zero-order valence-corrected chi connectivity index (χ0v) is 11.2. The van der Waals surface area contributed by atoms with Crippen LogP contribution in [-0.4, -0.2) is 25.0 Å². The highest BCUT2D eigenvalue weighted by molar-refractivity contribution is 6.00. The van der Waals surface area contributed by atoms with Crippen molar-refractivity contribution in [3.63, 3.8) is 0 Å². The van der Waals surface area contributed by atoms with Crippen molar-refractivity contribution >= 4 is 5.78 Å². The van der Waals surface area contributed by atoms with E-state index >= 15 is 0 Å². The number of Topliss-reactive ketones (excluding diaryl/α,β-unsaturated/α-hetero) is 1. The summed E-state index contributed by atoms with van der Waals surface area (Å²) in [4.78, 5) is 12.0. The van der Waals surface area contributed by atoms with Gasteiger partial charge in [0.25, 0.3) is 0 Å². The Labute approximate surface area is 108 Å². The van der Waals surface area contributed by atoms with Crippen LogP contribution < -0.4 is 15.2 Å². The Balaban J connectivity index is 3.02. The minimum absolute atomic E-state index is 0.0681. The van der Waals surface area contributed by atoms with Crippen molar-refractivity contribution in [2.24, 2.45) is 5.73 Å². The van der Waals surface area contributed by atoms with E-state index in [4.69, 9.17) is 15.2 Å². The van der Waals surface area contributed by atoms with E-state index in [1.54, 1.807) is 18.2 Å². The molecule has 0 spiro atoms. The second-order valence-corrected chi connectivity index (χ2v) is 3.91. The monoisotopic (exact) mass is 251 g/mol. The molecule has 1 aromatic carbocycles. The first-order valence-corrected chi connectivity index (χ1v) is 6.33. The molecule has 1 aromatic rings. The van der Waals surface area contributed by atoms with Crippen LogP contribution in [0.2, 0.25) is 0 Å². The van der Waals surface area contributed by atoms with Gasteiger partial charge < -0.3 is 15.2 Å². The second kappa shape index (κ2) is 7.01. The van der Waals surface area contributed by atoms with E-state index < -0.39 is 6.04 Å². The molecule has 0 aliphatic rings. The van der Waals surface area contributed by atoms with Crippen molar-refractivity contribution < 1.29 is 14.3 Å². The van der Waals surface area contributed by atoms with Crippen molar-refractivity contribution in [2.45, 2.75) is 33.2 Å². The summed E-state index contributed by atoms with van der Waals surface area (Å²) in [6, 6.07) is 4.72. The average molecular weight is 251 g/mol. The Bertz CT molecular complexity index is 404. The highest BCUT2D eigenvalue weighted by Gasteiger charge is 2.16. The van der Waals surface area contributed by atoms with E-state index in [-0.39, 0.29) is 5.78 Å². The molecule has 0 heterocycles. The van der Waals surface area contributed by atoms with Gasteiger partial charge in [-0.3, -0.25) is 4.79 Å². The highest BCUT2D eigenvalue weighted by atomic mass is 16.5.